The van der Waals surface area contributed by atoms with Gasteiger partial charge in [0.2, 0.25) is 5.95 Å². The molecule has 4 nitrogen and oxygen atoms in total. The molecule has 0 unspecified atom stereocenters. The van der Waals surface area contributed by atoms with Crippen molar-refractivity contribution in [2.75, 3.05) is 5.73 Å². The zero-order valence-corrected chi connectivity index (χ0v) is 13.7. The van der Waals surface area contributed by atoms with Gasteiger partial charge in [-0.25, -0.2) is 9.97 Å². The predicted molar refractivity (Wildman–Crippen MR) is 96.7 cm³/mol. The molecule has 0 atom stereocenters. The molecule has 0 aliphatic heterocycles. The van der Waals surface area contributed by atoms with Gasteiger partial charge in [0.05, 0.1) is 28.8 Å². The Balaban J connectivity index is 1.93. The third-order valence-electron chi connectivity index (χ3n) is 3.80. The van der Waals surface area contributed by atoms with Crippen LogP contribution in [0.4, 0.5) is 5.95 Å². The Hall–Kier alpha value is -2.92. The van der Waals surface area contributed by atoms with E-state index in [0.717, 1.165) is 33.8 Å². The Labute approximate surface area is 143 Å². The fraction of sp³-hybridized carbons (Fsp3) is 0.0526. The minimum absolute atomic E-state index is 0.270. The summed E-state index contributed by atoms with van der Waals surface area (Å²) in [6.45, 7) is 0. The minimum Gasteiger partial charge on any atom is -0.472 e. The summed E-state index contributed by atoms with van der Waals surface area (Å²) >= 11 is 1.65. The number of benzene rings is 1. The van der Waals surface area contributed by atoms with E-state index >= 15 is 0 Å². The van der Waals surface area contributed by atoms with Gasteiger partial charge in [-0.1, -0.05) is 36.4 Å². The molecule has 0 saturated carbocycles. The fourth-order valence-electron chi connectivity index (χ4n) is 2.72. The second-order valence-electron chi connectivity index (χ2n) is 5.41. The molecule has 0 bridgehead atoms. The van der Waals surface area contributed by atoms with E-state index in [1.165, 1.54) is 5.56 Å². The van der Waals surface area contributed by atoms with Crippen LogP contribution in [0.1, 0.15) is 11.1 Å². The summed E-state index contributed by atoms with van der Waals surface area (Å²) in [6.07, 6.45) is 4.06. The normalized spacial score (nSPS) is 10.8. The van der Waals surface area contributed by atoms with Crippen LogP contribution in [-0.2, 0) is 6.42 Å². The highest BCUT2D eigenvalue weighted by Crippen LogP contribution is 2.34. The van der Waals surface area contributed by atoms with Crippen molar-refractivity contribution in [3.05, 3.63) is 77.6 Å². The Bertz CT molecular complexity index is 877. The number of hydrogen-bond donors (Lipinski definition) is 1. The van der Waals surface area contributed by atoms with E-state index in [1.807, 2.05) is 35.7 Å². The first-order chi connectivity index (χ1) is 11.8. The highest BCUT2D eigenvalue weighted by molar-refractivity contribution is 7.13. The third-order valence-corrected chi connectivity index (χ3v) is 4.67. The number of nitrogens with two attached hydrogens (primary N) is 1. The maximum Gasteiger partial charge on any atom is 0.221 e. The lowest BCUT2D eigenvalue weighted by Gasteiger charge is -2.13. The highest BCUT2D eigenvalue weighted by atomic mass is 32.1. The molecule has 0 fully saturated rings. The molecule has 0 spiro atoms. The van der Waals surface area contributed by atoms with Crippen molar-refractivity contribution in [1.29, 1.82) is 0 Å². The van der Waals surface area contributed by atoms with E-state index in [9.17, 15) is 0 Å². The largest absolute Gasteiger partial charge is 0.472 e. The number of hydrogen-bond acceptors (Lipinski definition) is 5. The molecule has 3 aromatic heterocycles. The van der Waals surface area contributed by atoms with Crippen LogP contribution < -0.4 is 5.73 Å². The van der Waals surface area contributed by atoms with Gasteiger partial charge in [-0.3, -0.25) is 0 Å². The van der Waals surface area contributed by atoms with Crippen LogP contribution in [0.5, 0.6) is 0 Å². The summed E-state index contributed by atoms with van der Waals surface area (Å²) in [7, 11) is 0. The van der Waals surface area contributed by atoms with E-state index in [1.54, 1.807) is 23.9 Å². The summed E-state index contributed by atoms with van der Waals surface area (Å²) in [5.74, 6) is 0.270. The van der Waals surface area contributed by atoms with Crippen molar-refractivity contribution in [2.24, 2.45) is 0 Å². The maximum atomic E-state index is 5.99. The molecule has 24 heavy (non-hydrogen) atoms. The molecule has 0 aliphatic rings. The first kappa shape index (κ1) is 14.7. The van der Waals surface area contributed by atoms with Crippen LogP contribution >= 0.6 is 11.3 Å². The number of furan rings is 1. The van der Waals surface area contributed by atoms with Crippen molar-refractivity contribution in [3.8, 4) is 21.8 Å². The van der Waals surface area contributed by atoms with Crippen LogP contribution in [0.25, 0.3) is 21.8 Å². The van der Waals surface area contributed by atoms with Gasteiger partial charge in [-0.2, -0.15) is 0 Å². The van der Waals surface area contributed by atoms with E-state index in [0.29, 0.717) is 0 Å². The monoisotopic (exact) mass is 333 g/mol. The van der Waals surface area contributed by atoms with Crippen molar-refractivity contribution < 1.29 is 4.42 Å². The predicted octanol–water partition coefficient (Wildman–Crippen LogP) is 4.64. The number of rotatable bonds is 4. The molecule has 0 saturated heterocycles. The van der Waals surface area contributed by atoms with Crippen molar-refractivity contribution in [3.63, 3.8) is 0 Å². The Morgan fingerprint density at radius 2 is 1.79 bits per heavy atom. The number of aromatic nitrogens is 2. The quantitative estimate of drug-likeness (QED) is 0.591. The van der Waals surface area contributed by atoms with E-state index < -0.39 is 0 Å². The molecular weight excluding hydrogens is 318 g/mol. The van der Waals surface area contributed by atoms with Gasteiger partial charge >= 0.3 is 0 Å². The Morgan fingerprint density at radius 1 is 0.958 bits per heavy atom. The lowest BCUT2D eigenvalue weighted by Crippen LogP contribution is -2.05. The molecule has 3 heterocycles. The van der Waals surface area contributed by atoms with Gasteiger partial charge in [0.25, 0.3) is 0 Å². The second-order valence-corrected chi connectivity index (χ2v) is 6.36. The average molecular weight is 333 g/mol. The van der Waals surface area contributed by atoms with Gasteiger partial charge in [0, 0.05) is 17.5 Å². The van der Waals surface area contributed by atoms with Crippen molar-refractivity contribution in [1.82, 2.24) is 9.97 Å². The highest BCUT2D eigenvalue weighted by Gasteiger charge is 2.18. The van der Waals surface area contributed by atoms with Crippen LogP contribution in [0.3, 0.4) is 0 Å². The summed E-state index contributed by atoms with van der Waals surface area (Å²) < 4.78 is 5.25. The average Bonchev–Trinajstić information content (AvgIpc) is 3.31. The maximum absolute atomic E-state index is 5.99. The van der Waals surface area contributed by atoms with Gasteiger partial charge in [-0.15, -0.1) is 11.3 Å². The molecular formula is C19H15N3OS. The second kappa shape index (κ2) is 6.29. The summed E-state index contributed by atoms with van der Waals surface area (Å²) in [5, 5.41) is 2.04. The molecule has 2 N–H and O–H groups in total. The zero-order valence-electron chi connectivity index (χ0n) is 12.8. The number of thiophene rings is 1. The molecule has 118 valence electrons. The van der Waals surface area contributed by atoms with Gasteiger partial charge in [-0.05, 0) is 23.1 Å². The van der Waals surface area contributed by atoms with Crippen LogP contribution in [0.15, 0.2) is 70.9 Å². The number of nitrogens with zero attached hydrogens (tertiary/aromatic N) is 2. The SMILES string of the molecule is Nc1nc(-c2ccoc2)c(Cc2ccccc2)c(-c2cccs2)n1. The molecule has 1 aromatic carbocycles. The van der Waals surface area contributed by atoms with Crippen LogP contribution in [-0.4, -0.2) is 9.97 Å². The van der Waals surface area contributed by atoms with E-state index in [-0.39, 0.29) is 5.95 Å². The topological polar surface area (TPSA) is 64.9 Å². The smallest absolute Gasteiger partial charge is 0.221 e. The van der Waals surface area contributed by atoms with E-state index in [2.05, 4.69) is 28.2 Å². The molecule has 5 heteroatoms. The molecule has 0 amide bonds. The van der Waals surface area contributed by atoms with Crippen molar-refractivity contribution >= 4 is 17.3 Å². The summed E-state index contributed by atoms with van der Waals surface area (Å²) in [6, 6.07) is 16.3. The van der Waals surface area contributed by atoms with Crippen LogP contribution in [0.2, 0.25) is 0 Å². The van der Waals surface area contributed by atoms with E-state index in [4.69, 9.17) is 10.2 Å². The summed E-state index contributed by atoms with van der Waals surface area (Å²) in [4.78, 5) is 10.1. The van der Waals surface area contributed by atoms with Gasteiger partial charge in [0.1, 0.15) is 0 Å². The first-order valence-electron chi connectivity index (χ1n) is 7.58. The fourth-order valence-corrected chi connectivity index (χ4v) is 3.47. The Morgan fingerprint density at radius 3 is 2.50 bits per heavy atom. The third kappa shape index (κ3) is 2.81. The van der Waals surface area contributed by atoms with Crippen LogP contribution in [0, 0.1) is 0 Å². The lowest BCUT2D eigenvalue weighted by atomic mass is 9.98. The first-order valence-corrected chi connectivity index (χ1v) is 8.46. The lowest BCUT2D eigenvalue weighted by molar-refractivity contribution is 0.568. The zero-order chi connectivity index (χ0) is 16.4. The molecule has 4 aromatic rings. The van der Waals surface area contributed by atoms with Crippen molar-refractivity contribution in [2.45, 2.75) is 6.42 Å². The molecule has 0 radical (unpaired) electrons. The number of nitrogen functional groups attached to an aromatic ring is 1. The van der Waals surface area contributed by atoms with Gasteiger partial charge < -0.3 is 10.2 Å². The molecule has 4 rings (SSSR count). The summed E-state index contributed by atoms with van der Waals surface area (Å²) in [5.41, 5.74) is 10.9. The Kier molecular flexibility index (Phi) is 3.84. The standard InChI is InChI=1S/C19H15N3OS/c20-19-21-17(14-8-9-23-12-14)15(11-13-5-2-1-3-6-13)18(22-19)16-7-4-10-24-16/h1-10,12H,11H2,(H2,20,21,22). The van der Waals surface area contributed by atoms with Gasteiger partial charge in [0.15, 0.2) is 0 Å². The number of anilines is 1. The minimum atomic E-state index is 0.270. The molecule has 0 aliphatic carbocycles.